The van der Waals surface area contributed by atoms with Gasteiger partial charge in [-0.15, -0.1) is 0 Å². The molecule has 2 rings (SSSR count). The molecule has 1 aliphatic carbocycles. The molecule has 6 heteroatoms. The first-order valence-electron chi connectivity index (χ1n) is 6.10. The predicted molar refractivity (Wildman–Crippen MR) is 66.5 cm³/mol. The summed E-state index contributed by atoms with van der Waals surface area (Å²) in [6, 6.07) is -0.559. The normalized spacial score (nSPS) is 19.4. The van der Waals surface area contributed by atoms with Gasteiger partial charge in [0.25, 0.3) is 0 Å². The van der Waals surface area contributed by atoms with Crippen molar-refractivity contribution in [3.05, 3.63) is 11.7 Å². The number of hydrogen-bond acceptors (Lipinski definition) is 6. The Morgan fingerprint density at radius 3 is 2.88 bits per heavy atom. The highest BCUT2D eigenvalue weighted by Gasteiger charge is 2.17. The third-order valence-corrected chi connectivity index (χ3v) is 4.37. The molecule has 0 saturated heterocycles. The Morgan fingerprint density at radius 2 is 2.18 bits per heavy atom. The van der Waals surface area contributed by atoms with Gasteiger partial charge in [0.05, 0.1) is 12.4 Å². The molecule has 1 fully saturated rings. The summed E-state index contributed by atoms with van der Waals surface area (Å²) < 4.78 is 5.00. The van der Waals surface area contributed by atoms with Gasteiger partial charge in [-0.1, -0.05) is 24.4 Å². The molecule has 0 aromatic carbocycles. The minimum Gasteiger partial charge on any atom is -0.394 e. The predicted octanol–water partition coefficient (Wildman–Crippen LogP) is 1.63. The number of nitrogens with two attached hydrogens (primary N) is 1. The molecule has 0 bridgehead atoms. The second-order valence-corrected chi connectivity index (χ2v) is 5.70. The Kier molecular flexibility index (Phi) is 4.82. The van der Waals surface area contributed by atoms with Gasteiger partial charge in [-0.2, -0.15) is 16.7 Å². The van der Waals surface area contributed by atoms with Gasteiger partial charge in [-0.3, -0.25) is 0 Å². The van der Waals surface area contributed by atoms with E-state index in [4.69, 9.17) is 15.4 Å². The second kappa shape index (κ2) is 6.37. The third kappa shape index (κ3) is 3.69. The quantitative estimate of drug-likeness (QED) is 0.834. The number of thioether (sulfide) groups is 1. The largest absolute Gasteiger partial charge is 0.394 e. The van der Waals surface area contributed by atoms with Crippen molar-refractivity contribution in [2.75, 3.05) is 6.61 Å². The Bertz CT molecular complexity index is 339. The van der Waals surface area contributed by atoms with Crippen LogP contribution in [-0.4, -0.2) is 27.1 Å². The van der Waals surface area contributed by atoms with Crippen LogP contribution in [0.2, 0.25) is 0 Å². The highest BCUT2D eigenvalue weighted by molar-refractivity contribution is 7.99. The molecule has 1 atom stereocenters. The number of aliphatic hydroxyl groups excluding tert-OH is 1. The lowest BCUT2D eigenvalue weighted by Crippen LogP contribution is -2.14. The summed E-state index contributed by atoms with van der Waals surface area (Å²) in [5.41, 5.74) is 5.59. The highest BCUT2D eigenvalue weighted by Crippen LogP contribution is 2.29. The van der Waals surface area contributed by atoms with Crippen molar-refractivity contribution in [3.63, 3.8) is 0 Å². The van der Waals surface area contributed by atoms with Gasteiger partial charge in [0.1, 0.15) is 6.04 Å². The van der Waals surface area contributed by atoms with Crippen LogP contribution in [0.4, 0.5) is 0 Å². The highest BCUT2D eigenvalue weighted by atomic mass is 32.2. The number of aromatic nitrogens is 2. The number of nitrogens with zero attached hydrogens (tertiary/aromatic N) is 2. The molecular weight excluding hydrogens is 238 g/mol. The molecule has 1 heterocycles. The standard InChI is InChI=1S/C11H19N3O2S/c12-9(6-15)11-13-10(14-16-11)7-17-8-4-2-1-3-5-8/h8-9,15H,1-7,12H2. The Balaban J connectivity index is 1.80. The van der Waals surface area contributed by atoms with E-state index in [0.717, 1.165) is 11.0 Å². The summed E-state index contributed by atoms with van der Waals surface area (Å²) in [5, 5.41) is 13.5. The van der Waals surface area contributed by atoms with Crippen LogP contribution in [0, 0.1) is 0 Å². The molecule has 0 radical (unpaired) electrons. The molecule has 17 heavy (non-hydrogen) atoms. The Labute approximate surface area is 105 Å². The average Bonchev–Trinajstić information content (AvgIpc) is 2.85. The number of hydrogen-bond donors (Lipinski definition) is 2. The van der Waals surface area contributed by atoms with E-state index >= 15 is 0 Å². The maximum absolute atomic E-state index is 8.87. The first kappa shape index (κ1) is 12.9. The van der Waals surface area contributed by atoms with E-state index in [1.54, 1.807) is 0 Å². The molecular formula is C11H19N3O2S. The average molecular weight is 257 g/mol. The minimum atomic E-state index is -0.559. The molecule has 1 aliphatic rings. The van der Waals surface area contributed by atoms with Crippen molar-refractivity contribution in [2.24, 2.45) is 5.73 Å². The van der Waals surface area contributed by atoms with E-state index in [9.17, 15) is 0 Å². The molecule has 0 amide bonds. The van der Waals surface area contributed by atoms with E-state index in [-0.39, 0.29) is 6.61 Å². The van der Waals surface area contributed by atoms with E-state index in [2.05, 4.69) is 10.1 Å². The van der Waals surface area contributed by atoms with Crippen LogP contribution < -0.4 is 5.73 Å². The van der Waals surface area contributed by atoms with Crippen LogP contribution in [0.3, 0.4) is 0 Å². The molecule has 1 aromatic rings. The fraction of sp³-hybridized carbons (Fsp3) is 0.818. The maximum atomic E-state index is 8.87. The minimum absolute atomic E-state index is 0.169. The third-order valence-electron chi connectivity index (χ3n) is 3.00. The first-order valence-corrected chi connectivity index (χ1v) is 7.15. The molecule has 1 unspecified atom stereocenters. The van der Waals surface area contributed by atoms with Crippen LogP contribution in [0.5, 0.6) is 0 Å². The molecule has 0 aliphatic heterocycles. The lowest BCUT2D eigenvalue weighted by Gasteiger charge is -2.19. The molecule has 96 valence electrons. The SMILES string of the molecule is NC(CO)c1nc(CSC2CCCCC2)no1. The van der Waals surface area contributed by atoms with Gasteiger partial charge in [0.2, 0.25) is 5.89 Å². The summed E-state index contributed by atoms with van der Waals surface area (Å²) in [7, 11) is 0. The summed E-state index contributed by atoms with van der Waals surface area (Å²) in [6.45, 7) is -0.169. The van der Waals surface area contributed by atoms with E-state index in [1.807, 2.05) is 11.8 Å². The first-order chi connectivity index (χ1) is 8.29. The summed E-state index contributed by atoms with van der Waals surface area (Å²) in [4.78, 5) is 4.18. The van der Waals surface area contributed by atoms with Crippen LogP contribution in [0.15, 0.2) is 4.52 Å². The van der Waals surface area contributed by atoms with E-state index < -0.39 is 6.04 Å². The lowest BCUT2D eigenvalue weighted by molar-refractivity contribution is 0.236. The maximum Gasteiger partial charge on any atom is 0.245 e. The zero-order valence-corrected chi connectivity index (χ0v) is 10.7. The zero-order chi connectivity index (χ0) is 12.1. The molecule has 3 N–H and O–H groups in total. The molecule has 1 saturated carbocycles. The van der Waals surface area contributed by atoms with Crippen molar-refractivity contribution in [3.8, 4) is 0 Å². The topological polar surface area (TPSA) is 85.2 Å². The van der Waals surface area contributed by atoms with Gasteiger partial charge in [-0.25, -0.2) is 0 Å². The van der Waals surface area contributed by atoms with Gasteiger partial charge in [0, 0.05) is 5.25 Å². The van der Waals surface area contributed by atoms with Crippen molar-refractivity contribution < 1.29 is 9.63 Å². The van der Waals surface area contributed by atoms with Crippen molar-refractivity contribution in [1.82, 2.24) is 10.1 Å². The Morgan fingerprint density at radius 1 is 1.41 bits per heavy atom. The molecule has 5 nitrogen and oxygen atoms in total. The summed E-state index contributed by atoms with van der Waals surface area (Å²) in [6.07, 6.45) is 6.64. The van der Waals surface area contributed by atoms with E-state index in [1.165, 1.54) is 32.1 Å². The fourth-order valence-corrected chi connectivity index (χ4v) is 3.15. The van der Waals surface area contributed by atoms with Gasteiger partial charge < -0.3 is 15.4 Å². The van der Waals surface area contributed by atoms with Gasteiger partial charge in [-0.05, 0) is 12.8 Å². The van der Waals surface area contributed by atoms with Crippen molar-refractivity contribution in [2.45, 2.75) is 49.1 Å². The number of aliphatic hydroxyl groups is 1. The van der Waals surface area contributed by atoms with Crippen LogP contribution in [0.25, 0.3) is 0 Å². The van der Waals surface area contributed by atoms with Crippen molar-refractivity contribution >= 4 is 11.8 Å². The van der Waals surface area contributed by atoms with Gasteiger partial charge >= 0.3 is 0 Å². The molecule has 0 spiro atoms. The smallest absolute Gasteiger partial charge is 0.245 e. The van der Waals surface area contributed by atoms with E-state index in [0.29, 0.717) is 11.7 Å². The van der Waals surface area contributed by atoms with Crippen molar-refractivity contribution in [1.29, 1.82) is 0 Å². The van der Waals surface area contributed by atoms with Crippen LogP contribution in [0.1, 0.15) is 49.9 Å². The van der Waals surface area contributed by atoms with Crippen LogP contribution in [-0.2, 0) is 5.75 Å². The summed E-state index contributed by atoms with van der Waals surface area (Å²) >= 11 is 1.89. The Hall–Kier alpha value is -0.590. The molecule has 1 aromatic heterocycles. The zero-order valence-electron chi connectivity index (χ0n) is 9.84. The second-order valence-electron chi connectivity index (χ2n) is 4.41. The van der Waals surface area contributed by atoms with Crippen LogP contribution >= 0.6 is 11.8 Å². The number of rotatable bonds is 5. The van der Waals surface area contributed by atoms with Gasteiger partial charge in [0.15, 0.2) is 5.82 Å². The monoisotopic (exact) mass is 257 g/mol. The lowest BCUT2D eigenvalue weighted by atomic mass is 10.0. The summed E-state index contributed by atoms with van der Waals surface area (Å²) in [5.74, 6) is 1.78. The fourth-order valence-electron chi connectivity index (χ4n) is 1.98.